The van der Waals surface area contributed by atoms with Gasteiger partial charge >= 0.3 is 5.97 Å². The molecule has 0 amide bonds. The fourth-order valence-electron chi connectivity index (χ4n) is 12.0. The molecule has 0 aromatic heterocycles. The first-order valence-electron chi connectivity index (χ1n) is 15.7. The second kappa shape index (κ2) is 10.1. The van der Waals surface area contributed by atoms with Gasteiger partial charge in [-0.1, -0.05) is 6.92 Å². The van der Waals surface area contributed by atoms with Gasteiger partial charge in [0.15, 0.2) is 0 Å². The highest BCUT2D eigenvalue weighted by Crippen LogP contribution is 2.79. The number of benzene rings is 1. The Hall–Kier alpha value is -1.75. The molecule has 0 unspecified atom stereocenters. The molecule has 5 aliphatic carbocycles. The van der Waals surface area contributed by atoms with E-state index in [4.69, 9.17) is 28.4 Å². The molecule has 0 radical (unpaired) electrons. The summed E-state index contributed by atoms with van der Waals surface area (Å²) in [6.07, 6.45) is 2.45. The fraction of sp³-hybridized carbons (Fsp3) is 0.788. The third-order valence-corrected chi connectivity index (χ3v) is 12.9. The molecule has 1 aromatic rings. The zero-order chi connectivity index (χ0) is 29.6. The third-order valence-electron chi connectivity index (χ3n) is 12.9. The van der Waals surface area contributed by atoms with Gasteiger partial charge in [-0.3, -0.25) is 4.90 Å². The molecule has 1 saturated heterocycles. The highest BCUT2D eigenvalue weighted by molar-refractivity contribution is 5.89. The van der Waals surface area contributed by atoms with Gasteiger partial charge in [-0.15, -0.1) is 0 Å². The molecule has 1 heterocycles. The highest BCUT2D eigenvalue weighted by atomic mass is 16.6. The van der Waals surface area contributed by atoms with Gasteiger partial charge in [0.05, 0.1) is 43.2 Å². The Bertz CT molecular complexity index is 1190. The van der Waals surface area contributed by atoms with Crippen LogP contribution >= 0.6 is 0 Å². The van der Waals surface area contributed by atoms with Crippen molar-refractivity contribution in [1.82, 2.24) is 4.90 Å². The Kier molecular flexibility index (Phi) is 7.00. The first kappa shape index (κ1) is 29.0. The second-order valence-electron chi connectivity index (χ2n) is 13.9. The van der Waals surface area contributed by atoms with E-state index in [2.05, 4.69) is 11.8 Å². The van der Waals surface area contributed by atoms with Crippen molar-refractivity contribution < 1.29 is 38.3 Å². The number of carbonyl (C=O) groups is 1. The second-order valence-corrected chi connectivity index (χ2v) is 13.9. The summed E-state index contributed by atoms with van der Waals surface area (Å²) in [6, 6.07) is 7.13. The van der Waals surface area contributed by atoms with Crippen LogP contribution in [0.5, 0.6) is 5.75 Å². The lowest BCUT2D eigenvalue weighted by atomic mass is 9.43. The molecule has 1 aliphatic heterocycles. The summed E-state index contributed by atoms with van der Waals surface area (Å²) in [6.45, 7) is 4.70. The molecule has 7 rings (SSSR count). The number of rotatable bonds is 9. The van der Waals surface area contributed by atoms with Gasteiger partial charge in [0.2, 0.25) is 0 Å². The summed E-state index contributed by atoms with van der Waals surface area (Å²) in [5, 5.41) is 13.2. The van der Waals surface area contributed by atoms with Crippen LogP contribution in [-0.4, -0.2) is 107 Å². The number of aliphatic hydroxyl groups is 1. The van der Waals surface area contributed by atoms with Crippen molar-refractivity contribution in [2.24, 2.45) is 40.4 Å². The molecule has 6 aliphatic rings. The van der Waals surface area contributed by atoms with Gasteiger partial charge in [-0.05, 0) is 56.0 Å². The van der Waals surface area contributed by atoms with Gasteiger partial charge in [0.1, 0.15) is 11.9 Å². The van der Waals surface area contributed by atoms with Gasteiger partial charge in [0.25, 0.3) is 0 Å². The highest BCUT2D eigenvalue weighted by Gasteiger charge is 2.86. The lowest BCUT2D eigenvalue weighted by Crippen LogP contribution is -2.76. The van der Waals surface area contributed by atoms with Crippen LogP contribution in [0.1, 0.15) is 43.0 Å². The zero-order valence-corrected chi connectivity index (χ0v) is 25.8. The molecular formula is C33H47NO8. The number of piperidine rings is 1. The summed E-state index contributed by atoms with van der Waals surface area (Å²) in [5.74, 6) is 0.168. The van der Waals surface area contributed by atoms with E-state index in [-0.39, 0.29) is 70.7 Å². The van der Waals surface area contributed by atoms with Gasteiger partial charge < -0.3 is 33.5 Å². The SMILES string of the molecule is CCN1C[C@]2(COC)CC[C@H](OC)[C@@]34[C@@H]5C[C@H]6[C@H](OC(=O)c7ccc(OC)cc7)[C@@H]5[C@](O)(C[C@@H]6OC)[C@@H]([C@H](OC)[C@H]23)[C@@H]14. The molecule has 232 valence electrons. The number of fused-ring (bicyclic) bond motifs is 2. The Morgan fingerprint density at radius 3 is 2.40 bits per heavy atom. The van der Waals surface area contributed by atoms with E-state index in [1.807, 2.05) is 14.2 Å². The molecule has 1 N–H and O–H groups in total. The first-order chi connectivity index (χ1) is 20.3. The van der Waals surface area contributed by atoms with Gasteiger partial charge in [-0.25, -0.2) is 4.79 Å². The van der Waals surface area contributed by atoms with Crippen LogP contribution in [0.2, 0.25) is 0 Å². The largest absolute Gasteiger partial charge is 0.497 e. The van der Waals surface area contributed by atoms with E-state index >= 15 is 0 Å². The smallest absolute Gasteiger partial charge is 0.338 e. The maximum atomic E-state index is 13.7. The molecule has 6 fully saturated rings. The van der Waals surface area contributed by atoms with E-state index in [1.165, 1.54) is 0 Å². The number of ether oxygens (including phenoxy) is 6. The average molecular weight is 586 g/mol. The van der Waals surface area contributed by atoms with Crippen LogP contribution in [0.4, 0.5) is 0 Å². The summed E-state index contributed by atoms with van der Waals surface area (Å²) >= 11 is 0. The standard InChI is InChI=1S/C33H47NO8/c1-7-34-16-31(17-37-2)13-12-23(40-5)33-21-14-20-22(39-4)15-32(36,25(29(33)34)27(41-6)28(31)33)24(21)26(20)42-30(35)18-8-10-19(38-3)11-9-18/h8-11,20-29,36H,7,12-17H2,1-6H3/t20-,21-,22+,23+,24-,25+,26+,27+,28-,29-,31+,32-,33+/m1/s1. The maximum absolute atomic E-state index is 13.7. The topological polar surface area (TPSA) is 95.9 Å². The minimum Gasteiger partial charge on any atom is -0.497 e. The van der Waals surface area contributed by atoms with E-state index in [0.29, 0.717) is 24.3 Å². The van der Waals surface area contributed by atoms with Gasteiger partial charge in [0, 0.05) is 81.9 Å². The average Bonchev–Trinajstić information content (AvgIpc) is 3.44. The van der Waals surface area contributed by atoms with Crippen molar-refractivity contribution in [3.8, 4) is 5.75 Å². The molecule has 13 atom stereocenters. The minimum atomic E-state index is -1.12. The quantitative estimate of drug-likeness (QED) is 0.439. The van der Waals surface area contributed by atoms with Crippen molar-refractivity contribution in [2.45, 2.75) is 68.7 Å². The fourth-order valence-corrected chi connectivity index (χ4v) is 12.0. The Morgan fingerprint density at radius 1 is 1.02 bits per heavy atom. The van der Waals surface area contributed by atoms with Crippen molar-refractivity contribution >= 4 is 5.97 Å². The van der Waals surface area contributed by atoms with Crippen molar-refractivity contribution in [2.75, 3.05) is 55.2 Å². The maximum Gasteiger partial charge on any atom is 0.338 e. The van der Waals surface area contributed by atoms with Crippen LogP contribution in [0.3, 0.4) is 0 Å². The normalized spacial score (nSPS) is 48.3. The summed E-state index contributed by atoms with van der Waals surface area (Å²) in [7, 11) is 8.80. The molecule has 1 spiro atoms. The number of carbonyl (C=O) groups excluding carboxylic acids is 1. The molecule has 5 saturated carbocycles. The number of nitrogens with zero attached hydrogens (tertiary/aromatic N) is 1. The summed E-state index contributed by atoms with van der Waals surface area (Å²) in [4.78, 5) is 16.3. The molecule has 1 aromatic carbocycles. The van der Waals surface area contributed by atoms with E-state index < -0.39 is 11.7 Å². The van der Waals surface area contributed by atoms with E-state index in [0.717, 1.165) is 32.4 Å². The molecule has 9 nitrogen and oxygen atoms in total. The zero-order valence-electron chi connectivity index (χ0n) is 25.8. The number of hydrogen-bond acceptors (Lipinski definition) is 9. The lowest BCUT2D eigenvalue weighted by Gasteiger charge is -2.69. The minimum absolute atomic E-state index is 0.00532. The number of likely N-dealkylation sites (tertiary alicyclic amines) is 1. The van der Waals surface area contributed by atoms with E-state index in [9.17, 15) is 9.90 Å². The Balaban J connectivity index is 1.38. The monoisotopic (exact) mass is 585 g/mol. The van der Waals surface area contributed by atoms with Crippen LogP contribution in [0.25, 0.3) is 0 Å². The molecule has 9 heteroatoms. The van der Waals surface area contributed by atoms with Crippen LogP contribution in [-0.2, 0) is 23.7 Å². The van der Waals surface area contributed by atoms with Crippen molar-refractivity contribution in [1.29, 1.82) is 0 Å². The number of hydrogen-bond donors (Lipinski definition) is 1. The van der Waals surface area contributed by atoms with E-state index in [1.54, 1.807) is 45.6 Å². The summed E-state index contributed by atoms with van der Waals surface area (Å²) in [5.41, 5.74) is -1.01. The molecule has 42 heavy (non-hydrogen) atoms. The summed E-state index contributed by atoms with van der Waals surface area (Å²) < 4.78 is 36.9. The third kappa shape index (κ3) is 3.44. The predicted octanol–water partition coefficient (Wildman–Crippen LogP) is 3.03. The number of methoxy groups -OCH3 is 5. The number of esters is 1. The van der Waals surface area contributed by atoms with Crippen molar-refractivity contribution in [3.05, 3.63) is 29.8 Å². The molecule has 7 bridgehead atoms. The molecular weight excluding hydrogens is 538 g/mol. The Morgan fingerprint density at radius 2 is 1.79 bits per heavy atom. The lowest BCUT2D eigenvalue weighted by molar-refractivity contribution is -0.276. The van der Waals surface area contributed by atoms with Crippen molar-refractivity contribution in [3.63, 3.8) is 0 Å². The van der Waals surface area contributed by atoms with Crippen LogP contribution in [0.15, 0.2) is 24.3 Å². The van der Waals surface area contributed by atoms with Crippen LogP contribution < -0.4 is 4.74 Å². The van der Waals surface area contributed by atoms with Crippen LogP contribution in [0, 0.1) is 40.4 Å². The predicted molar refractivity (Wildman–Crippen MR) is 153 cm³/mol. The first-order valence-corrected chi connectivity index (χ1v) is 15.7. The van der Waals surface area contributed by atoms with Gasteiger partial charge in [-0.2, -0.15) is 0 Å². The Labute approximate surface area is 249 Å².